The molecule has 1 aromatic carbocycles. The number of aryl methyl sites for hydroxylation is 3. The average molecular weight is 388 g/mol. The van der Waals surface area contributed by atoms with Crippen LogP contribution >= 0.6 is 0 Å². The first-order chi connectivity index (χ1) is 14.1. The molecule has 7 nitrogen and oxygen atoms in total. The maximum Gasteiger partial charge on any atom is 0.233 e. The molecule has 2 aliphatic heterocycles. The summed E-state index contributed by atoms with van der Waals surface area (Å²) in [5.41, 5.74) is 4.34. The number of anilines is 2. The zero-order valence-corrected chi connectivity index (χ0v) is 16.7. The topological polar surface area (TPSA) is 67.2 Å². The summed E-state index contributed by atoms with van der Waals surface area (Å²) in [4.78, 5) is 26.0. The number of aromatic nitrogens is 4. The second-order valence-corrected chi connectivity index (χ2v) is 7.90. The Hall–Kier alpha value is -3.22. The fraction of sp³-hybridized carbons (Fsp3) is 0.364. The maximum atomic E-state index is 13.1. The van der Waals surface area contributed by atoms with Crippen molar-refractivity contribution in [2.75, 3.05) is 29.4 Å². The highest BCUT2D eigenvalue weighted by molar-refractivity contribution is 5.97. The molecule has 1 saturated heterocycles. The summed E-state index contributed by atoms with van der Waals surface area (Å²) >= 11 is 0. The summed E-state index contributed by atoms with van der Waals surface area (Å²) in [6, 6.07) is 12.2. The normalized spacial score (nSPS) is 16.5. The van der Waals surface area contributed by atoms with Crippen molar-refractivity contribution < 1.29 is 4.79 Å². The van der Waals surface area contributed by atoms with Crippen molar-refractivity contribution in [3.63, 3.8) is 0 Å². The Kier molecular flexibility index (Phi) is 4.30. The van der Waals surface area contributed by atoms with Gasteiger partial charge in [0.2, 0.25) is 5.91 Å². The second-order valence-electron chi connectivity index (χ2n) is 7.90. The van der Waals surface area contributed by atoms with Crippen molar-refractivity contribution in [1.82, 2.24) is 19.7 Å². The zero-order valence-electron chi connectivity index (χ0n) is 16.7. The Bertz CT molecular complexity index is 1070. The number of hydrogen-bond donors (Lipinski definition) is 0. The Morgan fingerprint density at radius 3 is 2.66 bits per heavy atom. The molecule has 2 aliphatic rings. The summed E-state index contributed by atoms with van der Waals surface area (Å²) in [5, 5.41) is 4.50. The first-order valence-electron chi connectivity index (χ1n) is 10.1. The number of hydrogen-bond acceptors (Lipinski definition) is 5. The molecule has 3 aromatic rings. The van der Waals surface area contributed by atoms with Crippen molar-refractivity contribution in [2.24, 2.45) is 5.92 Å². The van der Waals surface area contributed by atoms with Crippen LogP contribution in [-0.4, -0.2) is 45.3 Å². The molecule has 0 unspecified atom stereocenters. The van der Waals surface area contributed by atoms with Crippen molar-refractivity contribution in [1.29, 1.82) is 0 Å². The summed E-state index contributed by atoms with van der Waals surface area (Å²) in [6.45, 7) is 6.16. The van der Waals surface area contributed by atoms with Crippen LogP contribution in [0.5, 0.6) is 0 Å². The van der Waals surface area contributed by atoms with E-state index >= 15 is 0 Å². The molecule has 0 spiro atoms. The lowest BCUT2D eigenvalue weighted by atomic mass is 9.95. The lowest BCUT2D eigenvalue weighted by Crippen LogP contribution is -2.55. The van der Waals surface area contributed by atoms with Gasteiger partial charge in [-0.25, -0.2) is 14.6 Å². The predicted molar refractivity (Wildman–Crippen MR) is 111 cm³/mol. The number of rotatable bonds is 3. The van der Waals surface area contributed by atoms with Gasteiger partial charge >= 0.3 is 0 Å². The molecule has 5 rings (SSSR count). The number of benzene rings is 1. The maximum absolute atomic E-state index is 13.1. The van der Waals surface area contributed by atoms with Gasteiger partial charge in [0, 0.05) is 37.1 Å². The molecule has 29 heavy (non-hydrogen) atoms. The highest BCUT2D eigenvalue weighted by atomic mass is 16.2. The van der Waals surface area contributed by atoms with Crippen molar-refractivity contribution in [2.45, 2.75) is 26.7 Å². The molecule has 1 amide bonds. The van der Waals surface area contributed by atoms with Gasteiger partial charge in [-0.15, -0.1) is 0 Å². The van der Waals surface area contributed by atoms with Crippen LogP contribution in [0.4, 0.5) is 11.5 Å². The first-order valence-corrected chi connectivity index (χ1v) is 10.1. The van der Waals surface area contributed by atoms with E-state index in [1.54, 1.807) is 6.33 Å². The number of fused-ring (bicyclic) bond motifs is 1. The lowest BCUT2D eigenvalue weighted by molar-refractivity contribution is -0.123. The van der Waals surface area contributed by atoms with Crippen molar-refractivity contribution >= 4 is 17.4 Å². The molecular formula is C22H24N6O. The van der Waals surface area contributed by atoms with Gasteiger partial charge in [-0.05, 0) is 44.4 Å². The minimum atomic E-state index is 0.00764. The van der Waals surface area contributed by atoms with Crippen molar-refractivity contribution in [3.8, 4) is 5.82 Å². The van der Waals surface area contributed by atoms with E-state index in [4.69, 9.17) is 0 Å². The number of amides is 1. The van der Waals surface area contributed by atoms with E-state index in [1.165, 1.54) is 5.56 Å². The van der Waals surface area contributed by atoms with Crippen LogP contribution < -0.4 is 9.80 Å². The summed E-state index contributed by atoms with van der Waals surface area (Å²) in [7, 11) is 0. The van der Waals surface area contributed by atoms with Crippen LogP contribution in [0.25, 0.3) is 5.82 Å². The molecule has 0 atom stereocenters. The second kappa shape index (κ2) is 6.99. The van der Waals surface area contributed by atoms with Gasteiger partial charge in [0.05, 0.1) is 11.6 Å². The summed E-state index contributed by atoms with van der Waals surface area (Å²) < 4.78 is 1.83. The molecule has 1 fully saturated rings. The Labute approximate surface area is 170 Å². The van der Waals surface area contributed by atoms with Crippen LogP contribution in [0.1, 0.15) is 23.4 Å². The van der Waals surface area contributed by atoms with Gasteiger partial charge < -0.3 is 9.80 Å². The number of carbonyl (C=O) groups is 1. The van der Waals surface area contributed by atoms with Crippen molar-refractivity contribution in [3.05, 3.63) is 59.7 Å². The zero-order chi connectivity index (χ0) is 20.0. The van der Waals surface area contributed by atoms with E-state index in [0.29, 0.717) is 13.1 Å². The van der Waals surface area contributed by atoms with E-state index in [9.17, 15) is 4.79 Å². The van der Waals surface area contributed by atoms with Gasteiger partial charge in [0.25, 0.3) is 0 Å². The number of para-hydroxylation sites is 1. The van der Waals surface area contributed by atoms with E-state index in [0.717, 1.165) is 48.1 Å². The highest BCUT2D eigenvalue weighted by Crippen LogP contribution is 2.31. The molecule has 148 valence electrons. The van der Waals surface area contributed by atoms with Crippen LogP contribution in [0.15, 0.2) is 42.7 Å². The van der Waals surface area contributed by atoms with Crippen LogP contribution in [0, 0.1) is 19.8 Å². The Balaban J connectivity index is 1.30. The smallest absolute Gasteiger partial charge is 0.233 e. The van der Waals surface area contributed by atoms with Crippen LogP contribution in [0.3, 0.4) is 0 Å². The lowest BCUT2D eigenvalue weighted by Gasteiger charge is -2.42. The third kappa shape index (κ3) is 3.16. The molecule has 0 radical (unpaired) electrons. The molecular weight excluding hydrogens is 364 g/mol. The predicted octanol–water partition coefficient (Wildman–Crippen LogP) is 2.69. The highest BCUT2D eigenvalue weighted by Gasteiger charge is 2.37. The van der Waals surface area contributed by atoms with Gasteiger partial charge in [0.1, 0.15) is 12.1 Å². The van der Waals surface area contributed by atoms with Gasteiger partial charge in [-0.1, -0.05) is 18.2 Å². The van der Waals surface area contributed by atoms with Crippen LogP contribution in [-0.2, 0) is 11.2 Å². The SMILES string of the molecule is Cc1cc(C)n(-c2cc(N3CC(C(=O)N4CCCc5ccccc54)C3)ncn2)n1. The molecule has 0 aliphatic carbocycles. The standard InChI is InChI=1S/C22H24N6O/c1-15-10-16(2)28(25-15)21-11-20(23-14-24-21)26-12-18(13-26)22(29)27-9-5-7-17-6-3-4-8-19(17)27/h3-4,6,8,10-11,14,18H,5,7,9,12-13H2,1-2H3. The van der Waals surface area contributed by atoms with Gasteiger partial charge in [0.15, 0.2) is 5.82 Å². The molecule has 0 saturated carbocycles. The summed E-state index contributed by atoms with van der Waals surface area (Å²) in [5.74, 6) is 1.82. The fourth-order valence-corrected chi connectivity index (χ4v) is 4.29. The van der Waals surface area contributed by atoms with E-state index in [1.807, 2.05) is 47.7 Å². The van der Waals surface area contributed by atoms with Gasteiger partial charge in [-0.2, -0.15) is 5.10 Å². The Morgan fingerprint density at radius 2 is 1.86 bits per heavy atom. The Morgan fingerprint density at radius 1 is 1.07 bits per heavy atom. The third-order valence-corrected chi connectivity index (χ3v) is 5.80. The molecule has 0 bridgehead atoms. The molecule has 7 heteroatoms. The minimum absolute atomic E-state index is 0.00764. The fourth-order valence-electron chi connectivity index (χ4n) is 4.29. The minimum Gasteiger partial charge on any atom is -0.355 e. The largest absolute Gasteiger partial charge is 0.355 e. The third-order valence-electron chi connectivity index (χ3n) is 5.80. The van der Waals surface area contributed by atoms with Gasteiger partial charge in [-0.3, -0.25) is 4.79 Å². The average Bonchev–Trinajstić information content (AvgIpc) is 3.04. The van der Waals surface area contributed by atoms with E-state index < -0.39 is 0 Å². The van der Waals surface area contributed by atoms with E-state index in [-0.39, 0.29) is 11.8 Å². The monoisotopic (exact) mass is 388 g/mol. The van der Waals surface area contributed by atoms with Crippen LogP contribution in [0.2, 0.25) is 0 Å². The molecule has 0 N–H and O–H groups in total. The number of nitrogens with zero attached hydrogens (tertiary/aromatic N) is 6. The molecule has 4 heterocycles. The number of carbonyl (C=O) groups excluding carboxylic acids is 1. The molecule has 2 aromatic heterocycles. The summed E-state index contributed by atoms with van der Waals surface area (Å²) in [6.07, 6.45) is 3.64. The van der Waals surface area contributed by atoms with E-state index in [2.05, 4.69) is 32.1 Å². The quantitative estimate of drug-likeness (QED) is 0.690. The first kappa shape index (κ1) is 17.8.